The molecule has 2 atom stereocenters. The molecule has 0 unspecified atom stereocenters. The molecule has 0 saturated heterocycles. The normalized spacial score (nSPS) is 25.9. The van der Waals surface area contributed by atoms with Gasteiger partial charge in [0.05, 0.1) is 5.69 Å². The average molecular weight is 412 g/mol. The van der Waals surface area contributed by atoms with Crippen molar-refractivity contribution in [2.24, 2.45) is 21.7 Å². The Morgan fingerprint density at radius 2 is 1.33 bits per heavy atom. The zero-order valence-corrected chi connectivity index (χ0v) is 19.1. The van der Waals surface area contributed by atoms with E-state index in [0.29, 0.717) is 5.41 Å². The summed E-state index contributed by atoms with van der Waals surface area (Å²) in [6.45, 7) is 7.37. The second-order valence-corrected chi connectivity index (χ2v) is 11.7. The van der Waals surface area contributed by atoms with E-state index in [1.165, 1.54) is 34.5 Å². The first kappa shape index (κ1) is 19.7. The molecule has 3 aromatic carbocycles. The van der Waals surface area contributed by atoms with Crippen LogP contribution < -0.4 is 15.9 Å². The molecular weight excluding hydrogens is 381 g/mol. The molecule has 0 radical (unpaired) electrons. The Bertz CT molecular complexity index is 1030. The number of benzene rings is 3. The van der Waals surface area contributed by atoms with Gasteiger partial charge in [-0.1, -0.05) is 99.6 Å². The molecule has 0 amide bonds. The molecule has 2 saturated carbocycles. The molecule has 30 heavy (non-hydrogen) atoms. The molecule has 0 spiro atoms. The van der Waals surface area contributed by atoms with E-state index in [0.717, 1.165) is 18.0 Å². The quantitative estimate of drug-likeness (QED) is 0.443. The summed E-state index contributed by atoms with van der Waals surface area (Å²) < 4.78 is 0. The van der Waals surface area contributed by atoms with Gasteiger partial charge in [0.25, 0.3) is 0 Å². The fraction of sp³-hybridized carbons (Fsp3) is 0.321. The fourth-order valence-electron chi connectivity index (χ4n) is 5.57. The first-order valence-electron chi connectivity index (χ1n) is 11.1. The summed E-state index contributed by atoms with van der Waals surface area (Å²) in [6, 6.07) is 30.7. The number of para-hydroxylation sites is 1. The number of fused-ring (bicyclic) bond motifs is 2. The number of nitrogens with zero attached hydrogens (tertiary/aromatic N) is 1. The summed E-state index contributed by atoms with van der Waals surface area (Å²) in [6.07, 6.45) is 3.79. The zero-order valence-electron chi connectivity index (χ0n) is 18.2. The van der Waals surface area contributed by atoms with E-state index in [4.69, 9.17) is 4.99 Å². The molecule has 2 heteroatoms. The van der Waals surface area contributed by atoms with E-state index >= 15 is 0 Å². The third-order valence-electron chi connectivity index (χ3n) is 7.92. The minimum atomic E-state index is -0.642. The Balaban J connectivity index is 1.64. The van der Waals surface area contributed by atoms with Crippen LogP contribution in [0.15, 0.2) is 89.9 Å². The average Bonchev–Trinajstić information content (AvgIpc) is 3.10. The van der Waals surface area contributed by atoms with Crippen LogP contribution in [0.2, 0.25) is 0 Å². The smallest absolute Gasteiger partial charge is 0.0712 e. The van der Waals surface area contributed by atoms with Crippen LogP contribution in [0.25, 0.3) is 0 Å². The second-order valence-electron chi connectivity index (χ2n) is 9.55. The first-order chi connectivity index (χ1) is 14.5. The maximum Gasteiger partial charge on any atom is 0.0712 e. The van der Waals surface area contributed by atoms with Gasteiger partial charge in [-0.25, -0.2) is 0 Å². The molecule has 0 N–H and O–H groups in total. The van der Waals surface area contributed by atoms with Gasteiger partial charge in [-0.2, -0.15) is 0 Å². The van der Waals surface area contributed by atoms with Gasteiger partial charge in [-0.3, -0.25) is 4.99 Å². The molecule has 2 bridgehead atoms. The molecule has 0 aliphatic heterocycles. The third-order valence-corrected chi connectivity index (χ3v) is 10.4. The fourth-order valence-corrected chi connectivity index (χ4v) is 7.96. The Hall–Kier alpha value is -2.24. The molecule has 0 heterocycles. The third kappa shape index (κ3) is 3.07. The highest BCUT2D eigenvalue weighted by atomic mass is 31.1. The second kappa shape index (κ2) is 7.47. The number of rotatable bonds is 4. The summed E-state index contributed by atoms with van der Waals surface area (Å²) in [5.41, 5.74) is 3.17. The molecule has 2 aliphatic rings. The van der Waals surface area contributed by atoms with Crippen molar-refractivity contribution in [1.82, 2.24) is 0 Å². The first-order valence-corrected chi connectivity index (χ1v) is 12.4. The highest BCUT2D eigenvalue weighted by Gasteiger charge is 2.59. The molecule has 1 nitrogen and oxygen atoms in total. The lowest BCUT2D eigenvalue weighted by atomic mass is 9.70. The number of hydrogen-bond acceptors (Lipinski definition) is 1. The Kier molecular flexibility index (Phi) is 4.91. The van der Waals surface area contributed by atoms with Crippen LogP contribution in [0.5, 0.6) is 0 Å². The molecule has 3 aromatic rings. The maximum atomic E-state index is 5.41. The molecule has 2 aliphatic carbocycles. The van der Waals surface area contributed by atoms with E-state index in [-0.39, 0.29) is 5.41 Å². The van der Waals surface area contributed by atoms with Crippen molar-refractivity contribution < 1.29 is 0 Å². The van der Waals surface area contributed by atoms with E-state index in [2.05, 4.69) is 106 Å². The molecule has 2 fully saturated rings. The Morgan fingerprint density at radius 1 is 0.767 bits per heavy atom. The SMILES string of the molecule is CC1(C)[C@@H]2CC[C@@]1(C)C(=Nc1ccccc1P(c1ccccc1)c1ccccc1)C2. The van der Waals surface area contributed by atoms with Gasteiger partial charge >= 0.3 is 0 Å². The van der Waals surface area contributed by atoms with Crippen molar-refractivity contribution in [3.05, 3.63) is 84.9 Å². The van der Waals surface area contributed by atoms with Gasteiger partial charge in [0.2, 0.25) is 0 Å². The zero-order chi connectivity index (χ0) is 20.8. The maximum absolute atomic E-state index is 5.41. The van der Waals surface area contributed by atoms with Crippen LogP contribution in [-0.2, 0) is 0 Å². The number of aliphatic imine (C=N–C) groups is 1. The Morgan fingerprint density at radius 3 is 1.87 bits per heavy atom. The van der Waals surface area contributed by atoms with Crippen LogP contribution in [0.4, 0.5) is 5.69 Å². The van der Waals surface area contributed by atoms with Crippen molar-refractivity contribution in [3.63, 3.8) is 0 Å². The summed E-state index contributed by atoms with van der Waals surface area (Å²) in [4.78, 5) is 5.41. The van der Waals surface area contributed by atoms with Crippen LogP contribution >= 0.6 is 7.92 Å². The monoisotopic (exact) mass is 411 g/mol. The van der Waals surface area contributed by atoms with Crippen molar-refractivity contribution >= 4 is 35.2 Å². The van der Waals surface area contributed by atoms with Crippen molar-refractivity contribution in [2.75, 3.05) is 0 Å². The summed E-state index contributed by atoms with van der Waals surface area (Å²) in [5.74, 6) is 0.776. The van der Waals surface area contributed by atoms with Crippen LogP contribution in [-0.4, -0.2) is 5.71 Å². The highest BCUT2D eigenvalue weighted by molar-refractivity contribution is 7.80. The predicted octanol–water partition coefficient (Wildman–Crippen LogP) is 6.36. The standard InChI is InChI=1S/C28H30NP/c1-27(2)21-18-19-28(27,3)26(20-21)29-24-16-10-11-17-25(24)30(22-12-6-4-7-13-22)23-14-8-5-9-15-23/h4-17,21H,18-20H2,1-3H3/t21-,28+/m1/s1. The number of hydrogen-bond donors (Lipinski definition) is 0. The lowest BCUT2D eigenvalue weighted by Crippen LogP contribution is -2.32. The largest absolute Gasteiger partial charge is 0.257 e. The summed E-state index contributed by atoms with van der Waals surface area (Å²) in [5, 5.41) is 4.12. The molecule has 152 valence electrons. The van der Waals surface area contributed by atoms with Crippen LogP contribution in [0.1, 0.15) is 40.0 Å². The summed E-state index contributed by atoms with van der Waals surface area (Å²) >= 11 is 0. The van der Waals surface area contributed by atoms with E-state index < -0.39 is 7.92 Å². The molecular formula is C28H30NP. The van der Waals surface area contributed by atoms with Gasteiger partial charge < -0.3 is 0 Å². The minimum Gasteiger partial charge on any atom is -0.257 e. The van der Waals surface area contributed by atoms with E-state index in [1.807, 2.05) is 0 Å². The summed E-state index contributed by atoms with van der Waals surface area (Å²) in [7, 11) is -0.642. The van der Waals surface area contributed by atoms with E-state index in [1.54, 1.807) is 0 Å². The predicted molar refractivity (Wildman–Crippen MR) is 131 cm³/mol. The van der Waals surface area contributed by atoms with Gasteiger partial charge in [0, 0.05) is 16.4 Å². The molecule has 0 aromatic heterocycles. The lowest BCUT2D eigenvalue weighted by molar-refractivity contribution is 0.194. The van der Waals surface area contributed by atoms with Gasteiger partial charge in [0.1, 0.15) is 0 Å². The van der Waals surface area contributed by atoms with Crippen molar-refractivity contribution in [2.45, 2.75) is 40.0 Å². The minimum absolute atomic E-state index is 0.229. The van der Waals surface area contributed by atoms with Gasteiger partial charge in [-0.15, -0.1) is 0 Å². The topological polar surface area (TPSA) is 12.4 Å². The van der Waals surface area contributed by atoms with Crippen LogP contribution in [0.3, 0.4) is 0 Å². The van der Waals surface area contributed by atoms with Gasteiger partial charge in [0.15, 0.2) is 0 Å². The highest BCUT2D eigenvalue weighted by Crippen LogP contribution is 2.64. The van der Waals surface area contributed by atoms with Gasteiger partial charge in [-0.05, 0) is 55.2 Å². The van der Waals surface area contributed by atoms with E-state index in [9.17, 15) is 0 Å². The molecule has 5 rings (SSSR count). The van der Waals surface area contributed by atoms with Crippen molar-refractivity contribution in [3.8, 4) is 0 Å². The van der Waals surface area contributed by atoms with Crippen molar-refractivity contribution in [1.29, 1.82) is 0 Å². The van der Waals surface area contributed by atoms with Crippen LogP contribution in [0, 0.1) is 16.7 Å². The lowest BCUT2D eigenvalue weighted by Gasteiger charge is -2.34. The Labute approximate surface area is 182 Å².